The highest BCUT2D eigenvalue weighted by molar-refractivity contribution is 6.30. The Morgan fingerprint density at radius 3 is 1.77 bits per heavy atom. The predicted molar refractivity (Wildman–Crippen MR) is 137 cm³/mol. The number of rotatable bonds is 8. The maximum atomic E-state index is 10.6. The average molecular weight is 481 g/mol. The molecule has 3 aromatic carbocycles. The molecule has 0 aliphatic carbocycles. The van der Waals surface area contributed by atoms with E-state index < -0.39 is 11.6 Å². The van der Waals surface area contributed by atoms with E-state index in [-0.39, 0.29) is 5.15 Å². The average Bonchev–Trinajstić information content (AvgIpc) is 3.39. The molecule has 0 bridgehead atoms. The molecule has 174 valence electrons. The molecule has 2 heterocycles. The summed E-state index contributed by atoms with van der Waals surface area (Å²) < 4.78 is 2.17. The first-order chi connectivity index (χ1) is 17.2. The zero-order valence-electron chi connectivity index (χ0n) is 19.1. The van der Waals surface area contributed by atoms with Gasteiger partial charge in [-0.05, 0) is 29.5 Å². The van der Waals surface area contributed by atoms with Crippen LogP contribution in [-0.4, -0.2) is 24.6 Å². The molecule has 6 heteroatoms. The Balaban J connectivity index is 1.57. The van der Waals surface area contributed by atoms with Gasteiger partial charge in [0.25, 0.3) is 0 Å². The second-order valence-corrected chi connectivity index (χ2v) is 8.73. The molecule has 0 amide bonds. The van der Waals surface area contributed by atoms with Crippen molar-refractivity contribution in [3.63, 3.8) is 0 Å². The van der Waals surface area contributed by atoms with Gasteiger partial charge in [0.1, 0.15) is 11.2 Å². The number of hydrogen-bond acceptors (Lipinski definition) is 4. The number of aliphatic hydroxyl groups excluding tert-OH is 1. The molecule has 0 aliphatic rings. The van der Waals surface area contributed by atoms with Crippen LogP contribution in [0.1, 0.15) is 40.6 Å². The lowest BCUT2D eigenvalue weighted by Gasteiger charge is -2.37. The number of aliphatic hydroxyl groups is 1. The molecule has 0 saturated heterocycles. The van der Waals surface area contributed by atoms with Crippen LogP contribution in [0.5, 0.6) is 0 Å². The first-order valence-electron chi connectivity index (χ1n) is 11.5. The van der Waals surface area contributed by atoms with E-state index in [1.807, 2.05) is 24.5 Å². The van der Waals surface area contributed by atoms with Crippen molar-refractivity contribution in [1.29, 1.82) is 0 Å². The van der Waals surface area contributed by atoms with Gasteiger partial charge in [0, 0.05) is 18.6 Å². The number of imidazole rings is 1. The Bertz CT molecular complexity index is 1280. The number of benzene rings is 3. The Hall–Kier alpha value is -3.80. The van der Waals surface area contributed by atoms with E-state index in [9.17, 15) is 5.11 Å². The van der Waals surface area contributed by atoms with Crippen molar-refractivity contribution in [2.24, 2.45) is 0 Å². The molecule has 0 radical (unpaired) electrons. The molecule has 2 aromatic heterocycles. The van der Waals surface area contributed by atoms with E-state index in [2.05, 4.69) is 93.5 Å². The summed E-state index contributed by atoms with van der Waals surface area (Å²) in [6, 6.07) is 31.4. The molecule has 5 aromatic rings. The first-order valence-corrected chi connectivity index (χ1v) is 11.9. The molecule has 1 atom stereocenters. The highest BCUT2D eigenvalue weighted by Gasteiger charge is 2.38. The van der Waals surface area contributed by atoms with Crippen LogP contribution in [0, 0.1) is 0 Å². The van der Waals surface area contributed by atoms with E-state index in [1.54, 1.807) is 0 Å². The lowest BCUT2D eigenvalue weighted by atomic mass is 9.77. The second kappa shape index (κ2) is 10.2. The Labute approximate surface area is 209 Å². The Kier molecular flexibility index (Phi) is 6.70. The molecule has 0 fully saturated rings. The Morgan fingerprint density at radius 2 is 1.26 bits per heavy atom. The summed E-state index contributed by atoms with van der Waals surface area (Å²) in [6.07, 6.45) is 7.18. The molecule has 5 nitrogen and oxygen atoms in total. The monoisotopic (exact) mass is 480 g/mol. The number of aryl methyl sites for hydroxylation is 1. The van der Waals surface area contributed by atoms with Crippen LogP contribution in [0.25, 0.3) is 0 Å². The number of hydrogen-bond donors (Lipinski definition) is 1. The molecule has 35 heavy (non-hydrogen) atoms. The van der Waals surface area contributed by atoms with Crippen molar-refractivity contribution in [3.8, 4) is 0 Å². The number of halogens is 1. The van der Waals surface area contributed by atoms with Crippen molar-refractivity contribution in [1.82, 2.24) is 19.5 Å². The fourth-order valence-corrected chi connectivity index (χ4v) is 4.87. The van der Waals surface area contributed by atoms with Gasteiger partial charge in [-0.15, -0.1) is 0 Å². The van der Waals surface area contributed by atoms with Crippen molar-refractivity contribution in [2.75, 3.05) is 0 Å². The summed E-state index contributed by atoms with van der Waals surface area (Å²) in [5.74, 6) is 0. The lowest BCUT2D eigenvalue weighted by molar-refractivity contribution is 0.162. The Morgan fingerprint density at radius 1 is 0.743 bits per heavy atom. The van der Waals surface area contributed by atoms with Gasteiger partial charge in [-0.3, -0.25) is 4.98 Å². The zero-order valence-corrected chi connectivity index (χ0v) is 19.8. The van der Waals surface area contributed by atoms with Gasteiger partial charge >= 0.3 is 0 Å². The quantitative estimate of drug-likeness (QED) is 0.284. The second-order valence-electron chi connectivity index (χ2n) is 8.37. The van der Waals surface area contributed by atoms with E-state index in [0.717, 1.165) is 22.4 Å². The summed E-state index contributed by atoms with van der Waals surface area (Å²) in [6.45, 7) is 0. The fraction of sp³-hybridized carbons (Fsp3) is 0.138. The fourth-order valence-electron chi connectivity index (χ4n) is 4.64. The van der Waals surface area contributed by atoms with Crippen LogP contribution in [0.15, 0.2) is 116 Å². The van der Waals surface area contributed by atoms with Crippen LogP contribution < -0.4 is 0 Å². The summed E-state index contributed by atoms with van der Waals surface area (Å²) in [5, 5.41) is 10.9. The van der Waals surface area contributed by atoms with Crippen LogP contribution in [0.4, 0.5) is 0 Å². The maximum absolute atomic E-state index is 10.6. The molecule has 0 spiro atoms. The predicted octanol–water partition coefficient (Wildman–Crippen LogP) is 5.83. The summed E-state index contributed by atoms with van der Waals surface area (Å²) in [4.78, 5) is 12.9. The van der Waals surface area contributed by atoms with Crippen molar-refractivity contribution >= 4 is 11.6 Å². The standard InChI is InChI=1S/C29H25ClN4O/c30-28-27(31-18-19-32-28)26(35)17-16-25-20-34(21-33-25)29(22-10-4-1-5-11-22,23-12-6-2-7-13-23)24-14-8-3-9-15-24/h1-15,18-21,26,35H,16-17H2. The third-order valence-electron chi connectivity index (χ3n) is 6.27. The minimum Gasteiger partial charge on any atom is -0.387 e. The molecule has 0 saturated carbocycles. The lowest BCUT2D eigenvalue weighted by Crippen LogP contribution is -2.36. The third-order valence-corrected chi connectivity index (χ3v) is 6.56. The van der Waals surface area contributed by atoms with Crippen molar-refractivity contribution in [3.05, 3.63) is 149 Å². The molecular weight excluding hydrogens is 456 g/mol. The van der Waals surface area contributed by atoms with Gasteiger partial charge in [0.2, 0.25) is 0 Å². The summed E-state index contributed by atoms with van der Waals surface area (Å²) >= 11 is 6.11. The van der Waals surface area contributed by atoms with Gasteiger partial charge in [0.05, 0.1) is 18.1 Å². The molecule has 5 rings (SSSR count). The minimum absolute atomic E-state index is 0.224. The highest BCUT2D eigenvalue weighted by atomic mass is 35.5. The van der Waals surface area contributed by atoms with Crippen LogP contribution in [0.2, 0.25) is 5.15 Å². The summed E-state index contributed by atoms with van der Waals surface area (Å²) in [5.41, 5.74) is 4.05. The van der Waals surface area contributed by atoms with E-state index >= 15 is 0 Å². The highest BCUT2D eigenvalue weighted by Crippen LogP contribution is 2.40. The van der Waals surface area contributed by atoms with E-state index in [1.165, 1.54) is 12.4 Å². The van der Waals surface area contributed by atoms with Crippen molar-refractivity contribution < 1.29 is 5.11 Å². The topological polar surface area (TPSA) is 63.8 Å². The number of nitrogens with zero attached hydrogens (tertiary/aromatic N) is 4. The molecule has 0 aliphatic heterocycles. The van der Waals surface area contributed by atoms with Gasteiger partial charge in [-0.2, -0.15) is 0 Å². The van der Waals surface area contributed by atoms with E-state index in [0.29, 0.717) is 18.5 Å². The summed E-state index contributed by atoms with van der Waals surface area (Å²) in [7, 11) is 0. The smallest absolute Gasteiger partial charge is 0.153 e. The van der Waals surface area contributed by atoms with Crippen molar-refractivity contribution in [2.45, 2.75) is 24.5 Å². The third kappa shape index (κ3) is 4.48. The van der Waals surface area contributed by atoms with Gasteiger partial charge in [-0.25, -0.2) is 9.97 Å². The van der Waals surface area contributed by atoms with Crippen LogP contribution >= 0.6 is 11.6 Å². The largest absolute Gasteiger partial charge is 0.387 e. The van der Waals surface area contributed by atoms with Gasteiger partial charge in [0.15, 0.2) is 5.15 Å². The number of aromatic nitrogens is 4. The van der Waals surface area contributed by atoms with Crippen LogP contribution in [0.3, 0.4) is 0 Å². The van der Waals surface area contributed by atoms with E-state index in [4.69, 9.17) is 16.6 Å². The normalized spacial score (nSPS) is 12.4. The van der Waals surface area contributed by atoms with Crippen LogP contribution in [-0.2, 0) is 12.0 Å². The maximum Gasteiger partial charge on any atom is 0.153 e. The zero-order chi connectivity index (χ0) is 24.1. The molecular formula is C29H25ClN4O. The van der Waals surface area contributed by atoms with Gasteiger partial charge in [-0.1, -0.05) is 103 Å². The SMILES string of the molecule is OC(CCc1cn(C(c2ccccc2)(c2ccccc2)c2ccccc2)cn1)c1nccnc1Cl. The van der Waals surface area contributed by atoms with Gasteiger partial charge < -0.3 is 9.67 Å². The molecule has 1 N–H and O–H groups in total. The minimum atomic E-state index is -0.816. The first kappa shape index (κ1) is 23.0. The molecule has 1 unspecified atom stereocenters.